The summed E-state index contributed by atoms with van der Waals surface area (Å²) in [5.41, 5.74) is 3.54. The molecule has 0 radical (unpaired) electrons. The van der Waals surface area contributed by atoms with Gasteiger partial charge in [-0.3, -0.25) is 4.90 Å². The van der Waals surface area contributed by atoms with E-state index in [1.54, 1.807) is 5.57 Å². The average Bonchev–Trinajstić information content (AvgIpc) is 3.40. The smallest absolute Gasteiger partial charge is 0.148 e. The normalized spacial score (nSPS) is 33.6. The molecule has 144 valence electrons. The lowest BCUT2D eigenvalue weighted by Gasteiger charge is -2.50. The molecule has 0 N–H and O–H groups in total. The second-order valence-corrected chi connectivity index (χ2v) is 8.56. The number of anilines is 1. The van der Waals surface area contributed by atoms with Gasteiger partial charge in [-0.05, 0) is 56.7 Å². The number of aryl methyl sites for hydroxylation is 1. The maximum atomic E-state index is 6.49. The van der Waals surface area contributed by atoms with Gasteiger partial charge in [-0.25, -0.2) is 5.01 Å². The largest absolute Gasteiger partial charge is 0.379 e. The van der Waals surface area contributed by atoms with Crippen molar-refractivity contribution in [3.05, 3.63) is 40.4 Å². The van der Waals surface area contributed by atoms with Gasteiger partial charge in [0, 0.05) is 24.0 Å². The molecule has 0 aromatic heterocycles. The van der Waals surface area contributed by atoms with Crippen molar-refractivity contribution in [2.45, 2.75) is 50.7 Å². The summed E-state index contributed by atoms with van der Waals surface area (Å²) in [5, 5.41) is 12.5. The highest BCUT2D eigenvalue weighted by molar-refractivity contribution is 6.31. The van der Waals surface area contributed by atoms with Crippen molar-refractivity contribution in [1.29, 1.82) is 0 Å². The first-order chi connectivity index (χ1) is 13.2. The Hall–Kier alpha value is -1.43. The minimum atomic E-state index is -0.210. The van der Waals surface area contributed by atoms with Crippen LogP contribution in [0.5, 0.6) is 0 Å². The van der Waals surface area contributed by atoms with Crippen LogP contribution in [-0.4, -0.2) is 42.9 Å². The maximum absolute atomic E-state index is 6.49. The fraction of sp³-hybridized carbons (Fsp3) is 0.619. The number of benzene rings is 1. The van der Waals surface area contributed by atoms with Gasteiger partial charge >= 0.3 is 0 Å². The van der Waals surface area contributed by atoms with Crippen molar-refractivity contribution in [3.63, 3.8) is 0 Å². The Bertz CT molecular complexity index is 788. The minimum absolute atomic E-state index is 0.210. The summed E-state index contributed by atoms with van der Waals surface area (Å²) < 4.78 is 5.68. The van der Waals surface area contributed by atoms with Gasteiger partial charge < -0.3 is 4.74 Å². The van der Waals surface area contributed by atoms with E-state index in [2.05, 4.69) is 34.2 Å². The molecule has 27 heavy (non-hydrogen) atoms. The van der Waals surface area contributed by atoms with Crippen LogP contribution in [0, 0.1) is 12.8 Å². The molecular formula is C21H27ClN4O. The number of rotatable bonds is 3. The van der Waals surface area contributed by atoms with Gasteiger partial charge in [-0.15, -0.1) is 0 Å². The Kier molecular flexibility index (Phi) is 4.49. The standard InChI is InChI=1S/C21H27ClN4O/c1-15-6-7-17(14-19(15)22)26-21(25-10-12-27-13-11-25)18(16-4-2-3-5-16)8-9-20(21)23-24-26/h4,6-7,14,18,20H,2-3,5,8-13H2,1H3/t18-,20-,21-/m1/s1. The SMILES string of the molecule is Cc1ccc(N2N=N[C@@H]3CC[C@H](C4=CCCC4)[C@]32N2CCOCC2)cc1Cl. The van der Waals surface area contributed by atoms with E-state index in [4.69, 9.17) is 26.7 Å². The number of hydrogen-bond acceptors (Lipinski definition) is 5. The third-order valence-corrected chi connectivity index (χ3v) is 7.20. The van der Waals surface area contributed by atoms with Crippen LogP contribution in [0.15, 0.2) is 40.2 Å². The van der Waals surface area contributed by atoms with E-state index in [1.807, 2.05) is 6.92 Å². The second kappa shape index (κ2) is 6.87. The molecule has 0 spiro atoms. The lowest BCUT2D eigenvalue weighted by atomic mass is 9.84. The monoisotopic (exact) mass is 386 g/mol. The van der Waals surface area contributed by atoms with E-state index in [1.165, 1.54) is 25.7 Å². The van der Waals surface area contributed by atoms with Crippen LogP contribution in [0.2, 0.25) is 5.02 Å². The maximum Gasteiger partial charge on any atom is 0.148 e. The molecule has 0 amide bonds. The first kappa shape index (κ1) is 17.7. The topological polar surface area (TPSA) is 40.4 Å². The van der Waals surface area contributed by atoms with Crippen molar-refractivity contribution < 1.29 is 4.74 Å². The van der Waals surface area contributed by atoms with Gasteiger partial charge in [0.1, 0.15) is 11.7 Å². The molecule has 1 aromatic carbocycles. The predicted octanol–water partition coefficient (Wildman–Crippen LogP) is 4.75. The van der Waals surface area contributed by atoms with Crippen LogP contribution in [0.4, 0.5) is 5.69 Å². The second-order valence-electron chi connectivity index (χ2n) is 8.15. The summed E-state index contributed by atoms with van der Waals surface area (Å²) in [6.45, 7) is 5.47. The molecule has 1 saturated carbocycles. The van der Waals surface area contributed by atoms with Gasteiger partial charge in [0.15, 0.2) is 0 Å². The van der Waals surface area contributed by atoms with Crippen LogP contribution in [0.3, 0.4) is 0 Å². The summed E-state index contributed by atoms with van der Waals surface area (Å²) in [7, 11) is 0. The van der Waals surface area contributed by atoms with Crippen LogP contribution in [0.25, 0.3) is 0 Å². The average molecular weight is 387 g/mol. The summed E-state index contributed by atoms with van der Waals surface area (Å²) in [6, 6.07) is 6.50. The summed E-state index contributed by atoms with van der Waals surface area (Å²) >= 11 is 6.49. The number of nitrogens with zero attached hydrogens (tertiary/aromatic N) is 4. The van der Waals surface area contributed by atoms with E-state index in [0.717, 1.165) is 49.0 Å². The molecule has 1 saturated heterocycles. The summed E-state index contributed by atoms with van der Waals surface area (Å²) in [4.78, 5) is 2.60. The Balaban J connectivity index is 1.62. The molecule has 0 bridgehead atoms. The minimum Gasteiger partial charge on any atom is -0.379 e. The van der Waals surface area contributed by atoms with Crippen LogP contribution >= 0.6 is 11.6 Å². The van der Waals surface area contributed by atoms with Gasteiger partial charge in [-0.1, -0.05) is 34.5 Å². The molecule has 0 unspecified atom stereocenters. The molecule has 2 fully saturated rings. The first-order valence-electron chi connectivity index (χ1n) is 10.2. The zero-order chi connectivity index (χ0) is 18.4. The van der Waals surface area contributed by atoms with E-state index in [0.29, 0.717) is 5.92 Å². The molecule has 6 heteroatoms. The van der Waals surface area contributed by atoms with E-state index < -0.39 is 0 Å². The zero-order valence-electron chi connectivity index (χ0n) is 15.9. The lowest BCUT2D eigenvalue weighted by molar-refractivity contribution is -0.0340. The number of morpholine rings is 1. The van der Waals surface area contributed by atoms with Gasteiger partial charge in [-0.2, -0.15) is 5.11 Å². The molecule has 4 aliphatic rings. The van der Waals surface area contributed by atoms with Gasteiger partial charge in [0.05, 0.1) is 18.9 Å². The molecule has 5 rings (SSSR count). The van der Waals surface area contributed by atoms with Crippen LogP contribution in [-0.2, 0) is 4.74 Å². The lowest BCUT2D eigenvalue weighted by Crippen LogP contribution is -2.66. The van der Waals surface area contributed by atoms with Crippen molar-refractivity contribution in [1.82, 2.24) is 4.90 Å². The van der Waals surface area contributed by atoms with Crippen molar-refractivity contribution in [2.75, 3.05) is 31.3 Å². The fourth-order valence-electron chi connectivity index (χ4n) is 5.53. The van der Waals surface area contributed by atoms with Crippen molar-refractivity contribution in [3.8, 4) is 0 Å². The van der Waals surface area contributed by atoms with Crippen molar-refractivity contribution >= 4 is 17.3 Å². The highest BCUT2D eigenvalue weighted by Gasteiger charge is 2.62. The van der Waals surface area contributed by atoms with E-state index in [-0.39, 0.29) is 11.7 Å². The molecule has 2 aliphatic heterocycles. The van der Waals surface area contributed by atoms with E-state index in [9.17, 15) is 0 Å². The highest BCUT2D eigenvalue weighted by Crippen LogP contribution is 2.54. The predicted molar refractivity (Wildman–Crippen MR) is 107 cm³/mol. The Labute approximate surface area is 166 Å². The summed E-state index contributed by atoms with van der Waals surface area (Å²) in [5.74, 6) is 0.471. The number of fused-ring (bicyclic) bond motifs is 1. The third kappa shape index (κ3) is 2.66. The van der Waals surface area contributed by atoms with E-state index >= 15 is 0 Å². The fourth-order valence-corrected chi connectivity index (χ4v) is 5.70. The Morgan fingerprint density at radius 1 is 1.22 bits per heavy atom. The number of allylic oxidation sites excluding steroid dienone is 1. The Morgan fingerprint density at radius 2 is 2.07 bits per heavy atom. The Morgan fingerprint density at radius 3 is 2.81 bits per heavy atom. The number of hydrogen-bond donors (Lipinski definition) is 0. The molecule has 3 atom stereocenters. The molecule has 5 nitrogen and oxygen atoms in total. The highest BCUT2D eigenvalue weighted by atomic mass is 35.5. The zero-order valence-corrected chi connectivity index (χ0v) is 16.7. The van der Waals surface area contributed by atoms with Gasteiger partial charge in [0.25, 0.3) is 0 Å². The van der Waals surface area contributed by atoms with Gasteiger partial charge in [0.2, 0.25) is 0 Å². The van der Waals surface area contributed by atoms with Crippen LogP contribution < -0.4 is 5.01 Å². The molecular weight excluding hydrogens is 360 g/mol. The van der Waals surface area contributed by atoms with Crippen molar-refractivity contribution in [2.24, 2.45) is 16.3 Å². The summed E-state index contributed by atoms with van der Waals surface area (Å²) in [6.07, 6.45) is 8.46. The number of halogens is 1. The molecule has 2 heterocycles. The quantitative estimate of drug-likeness (QED) is 0.703. The van der Waals surface area contributed by atoms with Crippen LogP contribution in [0.1, 0.15) is 37.7 Å². The molecule has 2 aliphatic carbocycles. The number of ether oxygens (including phenoxy) is 1. The third-order valence-electron chi connectivity index (χ3n) is 6.79. The first-order valence-corrected chi connectivity index (χ1v) is 10.6. The molecule has 1 aromatic rings.